The number of allylic oxidation sites excluding steroid dienone is 1. The molecule has 2 aliphatic rings. The topological polar surface area (TPSA) is 94.2 Å². The smallest absolute Gasteiger partial charge is 0.308 e. The summed E-state index contributed by atoms with van der Waals surface area (Å²) < 4.78 is 16.4. The summed E-state index contributed by atoms with van der Waals surface area (Å²) in [6.07, 6.45) is 0.996. The van der Waals surface area contributed by atoms with Gasteiger partial charge in [0.15, 0.2) is 17.3 Å². The number of ketones is 1. The van der Waals surface area contributed by atoms with Crippen molar-refractivity contribution in [2.24, 2.45) is 5.41 Å². The maximum absolute atomic E-state index is 13.7. The van der Waals surface area contributed by atoms with Crippen LogP contribution in [0.4, 0.5) is 11.4 Å². The van der Waals surface area contributed by atoms with E-state index in [1.165, 1.54) is 28.1 Å². The molecule has 1 heterocycles. The minimum Gasteiger partial charge on any atom is -0.493 e. The fourth-order valence-electron chi connectivity index (χ4n) is 4.95. The van der Waals surface area contributed by atoms with E-state index in [4.69, 9.17) is 14.2 Å². The van der Waals surface area contributed by atoms with E-state index in [1.54, 1.807) is 17.0 Å². The molecule has 35 heavy (non-hydrogen) atoms. The second-order valence-corrected chi connectivity index (χ2v) is 9.62. The highest BCUT2D eigenvalue weighted by Crippen LogP contribution is 2.50. The highest BCUT2D eigenvalue weighted by Gasteiger charge is 2.43. The maximum Gasteiger partial charge on any atom is 0.308 e. The summed E-state index contributed by atoms with van der Waals surface area (Å²) in [4.78, 5) is 40.1. The third-order valence-electron chi connectivity index (χ3n) is 6.28. The van der Waals surface area contributed by atoms with Gasteiger partial charge in [-0.15, -0.1) is 0 Å². The van der Waals surface area contributed by atoms with Crippen LogP contribution in [0.2, 0.25) is 0 Å². The molecule has 2 aromatic rings. The number of ether oxygens (including phenoxy) is 3. The van der Waals surface area contributed by atoms with Crippen molar-refractivity contribution in [1.82, 2.24) is 0 Å². The summed E-state index contributed by atoms with van der Waals surface area (Å²) in [6, 6.07) is 10.1. The number of para-hydroxylation sites is 2. The Kier molecular flexibility index (Phi) is 6.32. The molecule has 1 aliphatic heterocycles. The monoisotopic (exact) mass is 478 g/mol. The van der Waals surface area contributed by atoms with Gasteiger partial charge in [-0.1, -0.05) is 26.0 Å². The number of methoxy groups -OCH3 is 2. The van der Waals surface area contributed by atoms with E-state index in [0.29, 0.717) is 29.7 Å². The number of nitrogens with zero attached hydrogens (tertiary/aromatic N) is 1. The van der Waals surface area contributed by atoms with Crippen molar-refractivity contribution in [3.8, 4) is 17.2 Å². The Morgan fingerprint density at radius 1 is 1.03 bits per heavy atom. The summed E-state index contributed by atoms with van der Waals surface area (Å²) in [6.45, 7) is 6.89. The lowest BCUT2D eigenvalue weighted by atomic mass is 9.73. The van der Waals surface area contributed by atoms with E-state index in [-0.39, 0.29) is 34.4 Å². The van der Waals surface area contributed by atoms with Crippen LogP contribution in [0.15, 0.2) is 47.7 Å². The first-order chi connectivity index (χ1) is 16.6. The van der Waals surface area contributed by atoms with Gasteiger partial charge >= 0.3 is 5.97 Å². The molecule has 0 unspecified atom stereocenters. The molecule has 184 valence electrons. The fraction of sp³-hybridized carbons (Fsp3) is 0.370. The number of hydrogen-bond acceptors (Lipinski definition) is 7. The third-order valence-corrected chi connectivity index (χ3v) is 6.28. The first-order valence-corrected chi connectivity index (χ1v) is 11.4. The molecule has 0 fully saturated rings. The number of carbonyl (C=O) groups is 3. The molecule has 1 N–H and O–H groups in total. The minimum atomic E-state index is -0.739. The van der Waals surface area contributed by atoms with Gasteiger partial charge in [0.1, 0.15) is 0 Å². The van der Waals surface area contributed by atoms with E-state index in [2.05, 4.69) is 19.2 Å². The molecular weight excluding hydrogens is 448 g/mol. The Hall–Kier alpha value is -3.81. The average molecular weight is 479 g/mol. The van der Waals surface area contributed by atoms with E-state index >= 15 is 0 Å². The zero-order valence-corrected chi connectivity index (χ0v) is 20.9. The predicted molar refractivity (Wildman–Crippen MR) is 132 cm³/mol. The fourth-order valence-corrected chi connectivity index (χ4v) is 4.95. The number of anilines is 2. The Labute approximate surface area is 204 Å². The number of rotatable bonds is 4. The summed E-state index contributed by atoms with van der Waals surface area (Å²) in [5.41, 5.74) is 3.09. The third kappa shape index (κ3) is 4.48. The molecule has 1 atom stereocenters. The molecule has 1 amide bonds. The van der Waals surface area contributed by atoms with E-state index in [0.717, 1.165) is 11.4 Å². The van der Waals surface area contributed by atoms with Gasteiger partial charge in [0.2, 0.25) is 11.7 Å². The van der Waals surface area contributed by atoms with Crippen LogP contribution in [0, 0.1) is 5.41 Å². The molecular formula is C27H30N2O6. The molecule has 0 radical (unpaired) electrons. The Morgan fingerprint density at radius 3 is 2.23 bits per heavy atom. The Balaban J connectivity index is 2.03. The summed E-state index contributed by atoms with van der Waals surface area (Å²) >= 11 is 0. The SMILES string of the molecule is COc1cc([C@@H]2C3=C(CC(C)(C)CC3=O)Nc3ccccc3N2C(C)=O)cc(OC)c1OC(C)=O. The van der Waals surface area contributed by atoms with Gasteiger partial charge in [-0.05, 0) is 41.7 Å². The lowest BCUT2D eigenvalue weighted by molar-refractivity contribution is -0.132. The van der Waals surface area contributed by atoms with Gasteiger partial charge < -0.3 is 19.5 Å². The minimum absolute atomic E-state index is 0.0326. The summed E-state index contributed by atoms with van der Waals surface area (Å²) in [7, 11) is 2.91. The molecule has 0 saturated carbocycles. The van der Waals surface area contributed by atoms with Gasteiger partial charge in [-0.3, -0.25) is 19.3 Å². The summed E-state index contributed by atoms with van der Waals surface area (Å²) in [5, 5.41) is 3.46. The molecule has 4 rings (SSSR count). The summed E-state index contributed by atoms with van der Waals surface area (Å²) in [5.74, 6) is -0.129. The first-order valence-electron chi connectivity index (χ1n) is 11.4. The first kappa shape index (κ1) is 24.3. The standard InChI is InChI=1S/C27H30N2O6/c1-15(30)29-20-10-8-7-9-18(20)28-19-13-27(3,4)14-21(32)24(19)25(29)17-11-22(33-5)26(35-16(2)31)23(12-17)34-6/h7-12,25,28H,13-14H2,1-6H3/t25-/m1/s1. The molecule has 8 heteroatoms. The van der Waals surface area contributed by atoms with Crippen LogP contribution in [-0.4, -0.2) is 31.9 Å². The van der Waals surface area contributed by atoms with Gasteiger partial charge in [0.05, 0.1) is 31.6 Å². The van der Waals surface area contributed by atoms with Gasteiger partial charge in [0.25, 0.3) is 0 Å². The highest BCUT2D eigenvalue weighted by molar-refractivity contribution is 6.06. The van der Waals surface area contributed by atoms with E-state index in [9.17, 15) is 14.4 Å². The van der Waals surface area contributed by atoms with Crippen molar-refractivity contribution < 1.29 is 28.6 Å². The molecule has 0 spiro atoms. The van der Waals surface area contributed by atoms with Crippen LogP contribution in [0.25, 0.3) is 0 Å². The van der Waals surface area contributed by atoms with Crippen molar-refractivity contribution in [2.45, 2.75) is 46.6 Å². The van der Waals surface area contributed by atoms with Crippen LogP contribution < -0.4 is 24.4 Å². The van der Waals surface area contributed by atoms with Crippen molar-refractivity contribution in [1.29, 1.82) is 0 Å². The Morgan fingerprint density at radius 2 is 1.66 bits per heavy atom. The van der Waals surface area contributed by atoms with Gasteiger partial charge in [-0.25, -0.2) is 0 Å². The number of hydrogen-bond donors (Lipinski definition) is 1. The lowest BCUT2D eigenvalue weighted by Gasteiger charge is -2.37. The van der Waals surface area contributed by atoms with Crippen LogP contribution in [0.1, 0.15) is 52.1 Å². The van der Waals surface area contributed by atoms with Crippen molar-refractivity contribution >= 4 is 29.0 Å². The number of nitrogens with one attached hydrogen (secondary N) is 1. The number of carbonyl (C=O) groups excluding carboxylic acids is 3. The molecule has 2 aromatic carbocycles. The zero-order valence-electron chi connectivity index (χ0n) is 20.9. The quantitative estimate of drug-likeness (QED) is 0.499. The van der Waals surface area contributed by atoms with Crippen LogP contribution in [0.5, 0.6) is 17.2 Å². The van der Waals surface area contributed by atoms with E-state index < -0.39 is 12.0 Å². The van der Waals surface area contributed by atoms with Crippen molar-refractivity contribution in [3.05, 3.63) is 53.2 Å². The second kappa shape index (κ2) is 9.09. The van der Waals surface area contributed by atoms with Gasteiger partial charge in [-0.2, -0.15) is 0 Å². The number of benzene rings is 2. The van der Waals surface area contributed by atoms with Crippen molar-refractivity contribution in [2.75, 3.05) is 24.4 Å². The van der Waals surface area contributed by atoms with Crippen LogP contribution >= 0.6 is 0 Å². The van der Waals surface area contributed by atoms with Crippen molar-refractivity contribution in [3.63, 3.8) is 0 Å². The number of fused-ring (bicyclic) bond motifs is 1. The molecule has 0 bridgehead atoms. The van der Waals surface area contributed by atoms with Crippen LogP contribution in [0.3, 0.4) is 0 Å². The molecule has 0 aromatic heterocycles. The number of amides is 1. The Bertz CT molecular complexity index is 1220. The normalized spacial score (nSPS) is 18.6. The second-order valence-electron chi connectivity index (χ2n) is 9.62. The lowest BCUT2D eigenvalue weighted by Crippen LogP contribution is -2.38. The molecule has 0 saturated heterocycles. The number of esters is 1. The predicted octanol–water partition coefficient (Wildman–Crippen LogP) is 4.79. The number of Topliss-reactive ketones (excluding diaryl/α,β-unsaturated/α-hetero) is 1. The largest absolute Gasteiger partial charge is 0.493 e. The molecule has 8 nitrogen and oxygen atoms in total. The zero-order chi connectivity index (χ0) is 25.5. The average Bonchev–Trinajstić information content (AvgIpc) is 2.92. The van der Waals surface area contributed by atoms with Gasteiger partial charge in [0, 0.05) is 31.5 Å². The maximum atomic E-state index is 13.7. The van der Waals surface area contributed by atoms with E-state index in [1.807, 2.05) is 24.3 Å². The molecule has 1 aliphatic carbocycles. The highest BCUT2D eigenvalue weighted by atomic mass is 16.6. The van der Waals surface area contributed by atoms with Crippen LogP contribution in [-0.2, 0) is 14.4 Å².